The Labute approximate surface area is 205 Å². The Bertz CT molecular complexity index is 1270. The van der Waals surface area contributed by atoms with Gasteiger partial charge in [0.05, 0.1) is 11.8 Å². The van der Waals surface area contributed by atoms with Crippen LogP contribution in [0.3, 0.4) is 0 Å². The molecule has 2 heterocycles. The number of Topliss-reactive ketones (excluding diaryl/α,β-unsaturated/α-hetero) is 1. The van der Waals surface area contributed by atoms with Crippen molar-refractivity contribution < 1.29 is 14.0 Å². The first-order chi connectivity index (χ1) is 16.9. The molecule has 3 aliphatic rings. The highest BCUT2D eigenvalue weighted by Crippen LogP contribution is 2.36. The van der Waals surface area contributed by atoms with Gasteiger partial charge in [0.1, 0.15) is 17.5 Å². The molecule has 35 heavy (non-hydrogen) atoms. The molecule has 0 radical (unpaired) electrons. The van der Waals surface area contributed by atoms with Crippen molar-refractivity contribution in [1.82, 2.24) is 9.88 Å². The zero-order valence-electron chi connectivity index (χ0n) is 19.8. The predicted molar refractivity (Wildman–Crippen MR) is 131 cm³/mol. The quantitative estimate of drug-likeness (QED) is 0.596. The minimum Gasteiger partial charge on any atom is -0.337 e. The van der Waals surface area contributed by atoms with Crippen molar-refractivity contribution in [2.75, 3.05) is 13.1 Å². The van der Waals surface area contributed by atoms with Crippen molar-refractivity contribution in [3.63, 3.8) is 0 Å². The van der Waals surface area contributed by atoms with Crippen LogP contribution < -0.4 is 0 Å². The van der Waals surface area contributed by atoms with E-state index in [0.717, 1.165) is 52.9 Å². The minimum atomic E-state index is -0.809. The van der Waals surface area contributed by atoms with Gasteiger partial charge in [0.15, 0.2) is 0 Å². The van der Waals surface area contributed by atoms with E-state index in [2.05, 4.69) is 37.3 Å². The van der Waals surface area contributed by atoms with Crippen LogP contribution in [0.25, 0.3) is 11.6 Å². The number of nitrogens with zero attached hydrogens (tertiary/aromatic N) is 3. The highest BCUT2D eigenvalue weighted by Gasteiger charge is 2.32. The number of nitriles is 1. The van der Waals surface area contributed by atoms with Gasteiger partial charge >= 0.3 is 0 Å². The van der Waals surface area contributed by atoms with Crippen molar-refractivity contribution in [2.45, 2.75) is 39.0 Å². The Hall–Kier alpha value is -3.59. The molecule has 0 saturated heterocycles. The number of rotatable bonds is 7. The third-order valence-corrected chi connectivity index (χ3v) is 7.16. The molecule has 1 aliphatic heterocycles. The van der Waals surface area contributed by atoms with Gasteiger partial charge in [0, 0.05) is 43.1 Å². The molecular formula is C29H28FN3O2. The van der Waals surface area contributed by atoms with E-state index < -0.39 is 5.92 Å². The molecule has 5 rings (SSSR count). The Morgan fingerprint density at radius 1 is 1.26 bits per heavy atom. The molecule has 2 unspecified atom stereocenters. The number of hydrogen-bond donors (Lipinski definition) is 0. The third kappa shape index (κ3) is 4.95. The fraction of sp³-hybridized carbons (Fsp3) is 0.379. The zero-order valence-corrected chi connectivity index (χ0v) is 19.8. The van der Waals surface area contributed by atoms with E-state index >= 15 is 0 Å². The summed E-state index contributed by atoms with van der Waals surface area (Å²) in [5, 5.41) is 9.66. The van der Waals surface area contributed by atoms with Crippen LogP contribution in [0.15, 0.2) is 42.5 Å². The summed E-state index contributed by atoms with van der Waals surface area (Å²) in [6.07, 6.45) is 9.68. The summed E-state index contributed by atoms with van der Waals surface area (Å²) < 4.78 is 13.2. The summed E-state index contributed by atoms with van der Waals surface area (Å²) in [4.78, 5) is 32.1. The number of carbonyl (C=O) groups excluding carboxylic acids is 2. The second kappa shape index (κ2) is 9.58. The molecule has 6 heteroatoms. The molecule has 1 aromatic carbocycles. The maximum absolute atomic E-state index is 13.2. The lowest BCUT2D eigenvalue weighted by molar-refractivity contribution is -0.133. The topological polar surface area (TPSA) is 74.1 Å². The molecule has 1 amide bonds. The summed E-state index contributed by atoms with van der Waals surface area (Å²) in [7, 11) is 0. The number of aromatic nitrogens is 1. The largest absolute Gasteiger partial charge is 0.337 e. The van der Waals surface area contributed by atoms with Crippen LogP contribution in [0.4, 0.5) is 4.39 Å². The first-order valence-electron chi connectivity index (χ1n) is 12.3. The molecule has 5 nitrogen and oxygen atoms in total. The van der Waals surface area contributed by atoms with E-state index in [9.17, 15) is 19.2 Å². The molecule has 1 saturated carbocycles. The molecule has 0 bridgehead atoms. The molecule has 1 aromatic heterocycles. The second-order valence-corrected chi connectivity index (χ2v) is 9.86. The number of halogens is 1. The van der Waals surface area contributed by atoms with E-state index in [4.69, 9.17) is 4.98 Å². The van der Waals surface area contributed by atoms with Gasteiger partial charge < -0.3 is 4.90 Å². The normalized spacial score (nSPS) is 19.6. The third-order valence-electron chi connectivity index (χ3n) is 7.16. The average molecular weight is 470 g/mol. The van der Waals surface area contributed by atoms with Crippen molar-refractivity contribution >= 4 is 23.3 Å². The predicted octanol–water partition coefficient (Wildman–Crippen LogP) is 4.56. The maximum atomic E-state index is 13.2. The van der Waals surface area contributed by atoms with Crippen LogP contribution in [-0.2, 0) is 28.9 Å². The molecular weight excluding hydrogens is 441 g/mol. The molecule has 2 atom stereocenters. The number of allylic oxidation sites excluding steroid dienone is 1. The lowest BCUT2D eigenvalue weighted by Gasteiger charge is -2.33. The Morgan fingerprint density at radius 2 is 2.03 bits per heavy atom. The number of hydrogen-bond acceptors (Lipinski definition) is 4. The van der Waals surface area contributed by atoms with E-state index in [0.29, 0.717) is 19.5 Å². The van der Waals surface area contributed by atoms with Crippen LogP contribution in [0.2, 0.25) is 0 Å². The summed E-state index contributed by atoms with van der Waals surface area (Å²) >= 11 is 0. The number of fused-ring (bicyclic) bond motifs is 1. The van der Waals surface area contributed by atoms with E-state index in [-0.39, 0.29) is 35.8 Å². The minimum absolute atomic E-state index is 0.0744. The van der Waals surface area contributed by atoms with E-state index in [1.807, 2.05) is 0 Å². The van der Waals surface area contributed by atoms with Gasteiger partial charge in [-0.15, -0.1) is 0 Å². The van der Waals surface area contributed by atoms with E-state index in [1.165, 1.54) is 12.1 Å². The molecule has 178 valence electrons. The van der Waals surface area contributed by atoms with Gasteiger partial charge in [0.2, 0.25) is 5.91 Å². The van der Waals surface area contributed by atoms with Gasteiger partial charge in [-0.25, -0.2) is 4.39 Å². The van der Waals surface area contributed by atoms with Gasteiger partial charge in [-0.3, -0.25) is 14.6 Å². The lowest BCUT2D eigenvalue weighted by Crippen LogP contribution is -2.42. The van der Waals surface area contributed by atoms with E-state index in [1.54, 1.807) is 17.0 Å². The summed E-state index contributed by atoms with van der Waals surface area (Å²) in [5.41, 5.74) is 5.97. The fourth-order valence-corrected chi connectivity index (χ4v) is 5.09. The van der Waals surface area contributed by atoms with Crippen LogP contribution in [0, 0.1) is 34.9 Å². The Kier molecular flexibility index (Phi) is 6.34. The van der Waals surface area contributed by atoms with Crippen LogP contribution in [0.5, 0.6) is 0 Å². The number of benzene rings is 1. The van der Waals surface area contributed by atoms with Crippen LogP contribution in [-0.4, -0.2) is 34.7 Å². The van der Waals surface area contributed by atoms with Crippen LogP contribution >= 0.6 is 0 Å². The first kappa shape index (κ1) is 23.2. The maximum Gasteiger partial charge on any atom is 0.240 e. The first-order valence-corrected chi connectivity index (χ1v) is 12.3. The van der Waals surface area contributed by atoms with Gasteiger partial charge in [0.25, 0.3) is 0 Å². The molecule has 0 spiro atoms. The van der Waals surface area contributed by atoms with Gasteiger partial charge in [-0.1, -0.05) is 37.3 Å². The number of amides is 1. The highest BCUT2D eigenvalue weighted by atomic mass is 19.1. The summed E-state index contributed by atoms with van der Waals surface area (Å²) in [6, 6.07) is 10.1. The van der Waals surface area contributed by atoms with Crippen molar-refractivity contribution in [3.05, 3.63) is 76.4 Å². The standard InChI is InChI=1S/C29H28FN3O2/c1-18-17-33(29(35)21(16-31)13-19-5-9-22(30)10-6-19)12-11-24(18)26-14-23(15-28(34)20-7-8-20)32-27-4-2-3-25(26)27/h2-3,5-6,9-11,14,18,20-21H,4,7-8,12-13,15,17H2,1H3. The molecule has 2 aromatic rings. The van der Waals surface area contributed by atoms with Gasteiger partial charge in [-0.05, 0) is 60.1 Å². The average Bonchev–Trinajstić information content (AvgIpc) is 3.60. The number of ketones is 1. The van der Waals surface area contributed by atoms with Crippen LogP contribution in [0.1, 0.15) is 47.8 Å². The smallest absolute Gasteiger partial charge is 0.240 e. The Morgan fingerprint density at radius 3 is 2.71 bits per heavy atom. The van der Waals surface area contributed by atoms with Crippen molar-refractivity contribution in [1.29, 1.82) is 5.26 Å². The fourth-order valence-electron chi connectivity index (χ4n) is 5.09. The number of carbonyl (C=O) groups is 2. The number of pyridine rings is 1. The SMILES string of the molecule is CC1CN(C(=O)C(C#N)Cc2ccc(F)cc2)CC=C1c1cc(CC(=O)C2CC2)nc2c1C=CC2. The monoisotopic (exact) mass is 469 g/mol. The van der Waals surface area contributed by atoms with Crippen molar-refractivity contribution in [2.24, 2.45) is 17.8 Å². The van der Waals surface area contributed by atoms with Gasteiger partial charge in [-0.2, -0.15) is 5.26 Å². The molecule has 1 fully saturated rings. The lowest BCUT2D eigenvalue weighted by atomic mass is 9.86. The van der Waals surface area contributed by atoms with Crippen molar-refractivity contribution in [3.8, 4) is 6.07 Å². The molecule has 2 aliphatic carbocycles. The zero-order chi connectivity index (χ0) is 24.5. The Balaban J connectivity index is 1.35. The summed E-state index contributed by atoms with van der Waals surface area (Å²) in [6.45, 7) is 3.04. The summed E-state index contributed by atoms with van der Waals surface area (Å²) in [5.74, 6) is -0.785. The second-order valence-electron chi connectivity index (χ2n) is 9.86. The highest BCUT2D eigenvalue weighted by molar-refractivity contribution is 5.87. The molecule has 0 N–H and O–H groups in total.